The second-order valence-electron chi connectivity index (χ2n) is 4.34. The SMILES string of the molecule is CC(C)=Cc1c(C)sc(C(C)C)c1C=O. The lowest BCUT2D eigenvalue weighted by atomic mass is 10.0. The third-order valence-electron chi connectivity index (χ3n) is 2.27. The fourth-order valence-electron chi connectivity index (χ4n) is 1.62. The van der Waals surface area contributed by atoms with E-state index in [1.807, 2.05) is 0 Å². The first kappa shape index (κ1) is 12.2. The number of rotatable bonds is 3. The van der Waals surface area contributed by atoms with Crippen molar-refractivity contribution in [1.29, 1.82) is 0 Å². The van der Waals surface area contributed by atoms with E-state index in [-0.39, 0.29) is 0 Å². The van der Waals surface area contributed by atoms with Gasteiger partial charge in [-0.2, -0.15) is 0 Å². The molecule has 1 heterocycles. The van der Waals surface area contributed by atoms with Gasteiger partial charge in [0.05, 0.1) is 0 Å². The van der Waals surface area contributed by atoms with E-state index in [2.05, 4.69) is 40.7 Å². The molecule has 0 saturated heterocycles. The fourth-order valence-corrected chi connectivity index (χ4v) is 2.73. The van der Waals surface area contributed by atoms with E-state index in [4.69, 9.17) is 0 Å². The molecule has 0 spiro atoms. The van der Waals surface area contributed by atoms with E-state index in [0.29, 0.717) is 5.92 Å². The maximum atomic E-state index is 11.1. The van der Waals surface area contributed by atoms with Crippen LogP contribution < -0.4 is 0 Å². The van der Waals surface area contributed by atoms with Crippen LogP contribution in [0.5, 0.6) is 0 Å². The second kappa shape index (κ2) is 4.75. The van der Waals surface area contributed by atoms with Crippen molar-refractivity contribution >= 4 is 23.7 Å². The zero-order chi connectivity index (χ0) is 11.6. The molecule has 1 aromatic rings. The zero-order valence-electron chi connectivity index (χ0n) is 10.0. The Morgan fingerprint density at radius 2 is 1.87 bits per heavy atom. The molecule has 0 aromatic carbocycles. The largest absolute Gasteiger partial charge is 0.298 e. The van der Waals surface area contributed by atoms with Crippen molar-refractivity contribution in [2.75, 3.05) is 0 Å². The Morgan fingerprint density at radius 1 is 1.27 bits per heavy atom. The topological polar surface area (TPSA) is 17.1 Å². The van der Waals surface area contributed by atoms with Crippen LogP contribution in [0.3, 0.4) is 0 Å². The van der Waals surface area contributed by atoms with Gasteiger partial charge >= 0.3 is 0 Å². The van der Waals surface area contributed by atoms with Gasteiger partial charge in [0.25, 0.3) is 0 Å². The minimum absolute atomic E-state index is 0.424. The van der Waals surface area contributed by atoms with E-state index >= 15 is 0 Å². The average molecular weight is 222 g/mol. The maximum Gasteiger partial charge on any atom is 0.151 e. The molecule has 82 valence electrons. The highest BCUT2D eigenvalue weighted by molar-refractivity contribution is 7.12. The summed E-state index contributed by atoms with van der Waals surface area (Å²) in [6, 6.07) is 0. The average Bonchev–Trinajstić information content (AvgIpc) is 2.43. The molecule has 1 rings (SSSR count). The monoisotopic (exact) mass is 222 g/mol. The summed E-state index contributed by atoms with van der Waals surface area (Å²) in [4.78, 5) is 13.6. The van der Waals surface area contributed by atoms with E-state index in [9.17, 15) is 4.79 Å². The Kier molecular flexibility index (Phi) is 3.86. The summed E-state index contributed by atoms with van der Waals surface area (Å²) in [7, 11) is 0. The number of thiophene rings is 1. The summed E-state index contributed by atoms with van der Waals surface area (Å²) in [5, 5.41) is 0. The van der Waals surface area contributed by atoms with Crippen LogP contribution in [0.15, 0.2) is 5.57 Å². The predicted molar refractivity (Wildman–Crippen MR) is 67.9 cm³/mol. The van der Waals surface area contributed by atoms with Gasteiger partial charge < -0.3 is 0 Å². The third kappa shape index (κ3) is 2.57. The number of hydrogen-bond donors (Lipinski definition) is 0. The van der Waals surface area contributed by atoms with Crippen LogP contribution in [0.25, 0.3) is 6.08 Å². The van der Waals surface area contributed by atoms with Crippen LogP contribution in [0, 0.1) is 6.92 Å². The molecule has 0 fully saturated rings. The third-order valence-corrected chi connectivity index (χ3v) is 3.71. The van der Waals surface area contributed by atoms with Gasteiger partial charge in [-0.15, -0.1) is 11.3 Å². The molecule has 0 aliphatic carbocycles. The molecule has 1 aromatic heterocycles. The van der Waals surface area contributed by atoms with Crippen LogP contribution in [-0.2, 0) is 0 Å². The Morgan fingerprint density at radius 3 is 2.27 bits per heavy atom. The van der Waals surface area contributed by atoms with Gasteiger partial charge in [0.15, 0.2) is 6.29 Å². The Bertz CT molecular complexity index is 393. The van der Waals surface area contributed by atoms with Crippen molar-refractivity contribution in [3.63, 3.8) is 0 Å². The number of aryl methyl sites for hydroxylation is 1. The second-order valence-corrected chi connectivity index (χ2v) is 5.60. The summed E-state index contributed by atoms with van der Waals surface area (Å²) < 4.78 is 0. The first-order valence-electron chi connectivity index (χ1n) is 5.20. The van der Waals surface area contributed by atoms with Crippen molar-refractivity contribution in [3.05, 3.63) is 26.5 Å². The quantitative estimate of drug-likeness (QED) is 0.692. The summed E-state index contributed by atoms with van der Waals surface area (Å²) in [6.45, 7) is 10.5. The van der Waals surface area contributed by atoms with Crippen molar-refractivity contribution in [2.45, 2.75) is 40.5 Å². The highest BCUT2D eigenvalue weighted by atomic mass is 32.1. The van der Waals surface area contributed by atoms with Crippen LogP contribution in [0.2, 0.25) is 0 Å². The molecule has 0 N–H and O–H groups in total. The smallest absolute Gasteiger partial charge is 0.151 e. The van der Waals surface area contributed by atoms with Crippen molar-refractivity contribution in [2.24, 2.45) is 0 Å². The van der Waals surface area contributed by atoms with Gasteiger partial charge in [-0.25, -0.2) is 0 Å². The van der Waals surface area contributed by atoms with Crippen molar-refractivity contribution in [1.82, 2.24) is 0 Å². The van der Waals surface area contributed by atoms with E-state index in [1.165, 1.54) is 15.3 Å². The number of aldehydes is 1. The lowest BCUT2D eigenvalue weighted by Gasteiger charge is -2.02. The van der Waals surface area contributed by atoms with Gasteiger partial charge in [0, 0.05) is 15.3 Å². The molecule has 1 nitrogen and oxygen atoms in total. The molecule has 0 atom stereocenters. The molecule has 0 unspecified atom stereocenters. The van der Waals surface area contributed by atoms with Gasteiger partial charge in [0.1, 0.15) is 0 Å². The van der Waals surface area contributed by atoms with Gasteiger partial charge in [-0.1, -0.05) is 25.5 Å². The molecule has 2 heteroatoms. The summed E-state index contributed by atoms with van der Waals surface area (Å²) >= 11 is 1.74. The molecular weight excluding hydrogens is 204 g/mol. The molecule has 0 amide bonds. The number of carbonyl (C=O) groups excluding carboxylic acids is 1. The molecule has 15 heavy (non-hydrogen) atoms. The first-order valence-corrected chi connectivity index (χ1v) is 6.02. The predicted octanol–water partition coefficient (Wildman–Crippen LogP) is 4.42. The highest BCUT2D eigenvalue weighted by Crippen LogP contribution is 2.33. The van der Waals surface area contributed by atoms with Gasteiger partial charge in [0.2, 0.25) is 0 Å². The van der Waals surface area contributed by atoms with Crippen LogP contribution >= 0.6 is 11.3 Å². The van der Waals surface area contributed by atoms with Gasteiger partial charge in [-0.05, 0) is 32.3 Å². The summed E-state index contributed by atoms with van der Waals surface area (Å²) in [6.07, 6.45) is 3.09. The summed E-state index contributed by atoms with van der Waals surface area (Å²) in [5.41, 5.74) is 3.22. The maximum absolute atomic E-state index is 11.1. The Labute approximate surface area is 95.8 Å². The number of allylic oxidation sites excluding steroid dienone is 1. The molecule has 0 aliphatic heterocycles. The molecule has 0 bridgehead atoms. The Hall–Kier alpha value is -0.890. The van der Waals surface area contributed by atoms with Crippen LogP contribution in [0.1, 0.15) is 59.3 Å². The number of carbonyl (C=O) groups is 1. The standard InChI is InChI=1S/C13H18OS/c1-8(2)6-11-10(5)15-13(9(3)4)12(11)7-14/h6-7,9H,1-5H3. The van der Waals surface area contributed by atoms with Crippen LogP contribution in [-0.4, -0.2) is 6.29 Å². The summed E-state index contributed by atoms with van der Waals surface area (Å²) in [5.74, 6) is 0.424. The molecule has 0 radical (unpaired) electrons. The van der Waals surface area contributed by atoms with Crippen molar-refractivity contribution < 1.29 is 4.79 Å². The van der Waals surface area contributed by atoms with Crippen molar-refractivity contribution in [3.8, 4) is 0 Å². The van der Waals surface area contributed by atoms with E-state index in [1.54, 1.807) is 11.3 Å². The van der Waals surface area contributed by atoms with Crippen LogP contribution in [0.4, 0.5) is 0 Å². The van der Waals surface area contributed by atoms with Gasteiger partial charge in [-0.3, -0.25) is 4.79 Å². The normalized spacial score (nSPS) is 10.5. The number of hydrogen-bond acceptors (Lipinski definition) is 2. The molecule has 0 aliphatic rings. The molecular formula is C13H18OS. The Balaban J connectivity index is 3.38. The first-order chi connectivity index (χ1) is 6.97. The fraction of sp³-hybridized carbons (Fsp3) is 0.462. The minimum atomic E-state index is 0.424. The lowest BCUT2D eigenvalue weighted by molar-refractivity contribution is 0.112. The lowest BCUT2D eigenvalue weighted by Crippen LogP contribution is -1.90. The highest BCUT2D eigenvalue weighted by Gasteiger charge is 2.15. The van der Waals surface area contributed by atoms with E-state index < -0.39 is 0 Å². The zero-order valence-corrected chi connectivity index (χ0v) is 10.9. The van der Waals surface area contributed by atoms with E-state index in [0.717, 1.165) is 17.4 Å². The molecule has 0 saturated carbocycles. The minimum Gasteiger partial charge on any atom is -0.298 e.